The van der Waals surface area contributed by atoms with Crippen LogP contribution in [0.15, 0.2) is 82.5 Å². The fourth-order valence-corrected chi connectivity index (χ4v) is 4.23. The average molecular weight is 422 g/mol. The number of amides is 1. The summed E-state index contributed by atoms with van der Waals surface area (Å²) >= 11 is 7.80. The number of H-pyrrole nitrogens is 1. The van der Waals surface area contributed by atoms with Gasteiger partial charge in [0.1, 0.15) is 0 Å². The van der Waals surface area contributed by atoms with Crippen LogP contribution in [-0.2, 0) is 4.79 Å². The second kappa shape index (κ2) is 8.51. The molecule has 2 N–H and O–H groups in total. The summed E-state index contributed by atoms with van der Waals surface area (Å²) in [5, 5.41) is 12.0. The van der Waals surface area contributed by atoms with Crippen molar-refractivity contribution in [3.8, 4) is 11.3 Å². The molecule has 0 aliphatic rings. The van der Waals surface area contributed by atoms with E-state index in [2.05, 4.69) is 15.5 Å². The van der Waals surface area contributed by atoms with Gasteiger partial charge in [-0.3, -0.25) is 9.59 Å². The first-order chi connectivity index (χ1) is 14.1. The van der Waals surface area contributed by atoms with Gasteiger partial charge in [0.2, 0.25) is 5.91 Å². The van der Waals surface area contributed by atoms with Crippen LogP contribution in [0.5, 0.6) is 0 Å². The first kappa shape index (κ1) is 19.2. The highest BCUT2D eigenvalue weighted by molar-refractivity contribution is 8.00. The van der Waals surface area contributed by atoms with Gasteiger partial charge < -0.3 is 5.32 Å². The second-order valence-corrected chi connectivity index (χ2v) is 7.74. The standard InChI is InChI=1S/C22H16ClN3O2S/c23-17-8-2-4-14-5-3-9-19(22(14)17)29-13-21(28)24-16-7-1-6-15(12-16)18-10-11-20(27)26-25-18/h1-12H,13H2,(H,24,28)(H,26,27). The minimum Gasteiger partial charge on any atom is -0.325 e. The summed E-state index contributed by atoms with van der Waals surface area (Å²) in [7, 11) is 0. The molecule has 7 heteroatoms. The minimum absolute atomic E-state index is 0.120. The van der Waals surface area contributed by atoms with E-state index in [1.807, 2.05) is 60.7 Å². The van der Waals surface area contributed by atoms with Crippen molar-refractivity contribution < 1.29 is 4.79 Å². The van der Waals surface area contributed by atoms with E-state index in [0.717, 1.165) is 21.2 Å². The van der Waals surface area contributed by atoms with Crippen molar-refractivity contribution in [3.05, 3.63) is 88.2 Å². The van der Waals surface area contributed by atoms with Gasteiger partial charge in [0.05, 0.1) is 11.4 Å². The summed E-state index contributed by atoms with van der Waals surface area (Å²) in [6.07, 6.45) is 0. The van der Waals surface area contributed by atoms with Crippen LogP contribution in [0.4, 0.5) is 5.69 Å². The largest absolute Gasteiger partial charge is 0.325 e. The van der Waals surface area contributed by atoms with Gasteiger partial charge in [-0.05, 0) is 35.7 Å². The molecule has 1 heterocycles. The summed E-state index contributed by atoms with van der Waals surface area (Å²) < 4.78 is 0. The number of hydrogen-bond donors (Lipinski definition) is 2. The second-order valence-electron chi connectivity index (χ2n) is 6.32. The molecule has 0 unspecified atom stereocenters. The molecule has 0 saturated heterocycles. The fraction of sp³-hybridized carbons (Fsp3) is 0.0455. The van der Waals surface area contributed by atoms with Crippen molar-refractivity contribution >= 4 is 45.7 Å². The van der Waals surface area contributed by atoms with Crippen LogP contribution >= 0.6 is 23.4 Å². The van der Waals surface area contributed by atoms with Crippen molar-refractivity contribution in [3.63, 3.8) is 0 Å². The SMILES string of the molecule is O=C(CSc1cccc2cccc(Cl)c12)Nc1cccc(-c2ccc(=O)[nH]n2)c1. The van der Waals surface area contributed by atoms with Crippen LogP contribution in [0.25, 0.3) is 22.0 Å². The van der Waals surface area contributed by atoms with E-state index in [1.165, 1.54) is 17.8 Å². The number of benzene rings is 3. The van der Waals surface area contributed by atoms with Gasteiger partial charge in [-0.1, -0.05) is 48.0 Å². The first-order valence-electron chi connectivity index (χ1n) is 8.86. The number of carbonyl (C=O) groups excluding carboxylic acids is 1. The molecule has 1 amide bonds. The Hall–Kier alpha value is -3.09. The maximum Gasteiger partial charge on any atom is 0.264 e. The summed E-state index contributed by atoms with van der Waals surface area (Å²) in [6.45, 7) is 0. The molecular weight excluding hydrogens is 406 g/mol. The molecule has 0 radical (unpaired) electrons. The monoisotopic (exact) mass is 421 g/mol. The molecule has 3 aromatic carbocycles. The summed E-state index contributed by atoms with van der Waals surface area (Å²) in [5.41, 5.74) is 1.83. The van der Waals surface area contributed by atoms with Crippen LogP contribution < -0.4 is 10.9 Å². The van der Waals surface area contributed by atoms with Crippen LogP contribution in [0.3, 0.4) is 0 Å². The number of nitrogens with zero attached hydrogens (tertiary/aromatic N) is 1. The Morgan fingerprint density at radius 3 is 2.62 bits per heavy atom. The Labute approximate surface area is 176 Å². The van der Waals surface area contributed by atoms with Gasteiger partial charge in [-0.2, -0.15) is 5.10 Å². The topological polar surface area (TPSA) is 74.8 Å². The highest BCUT2D eigenvalue weighted by Gasteiger charge is 2.09. The van der Waals surface area contributed by atoms with E-state index in [9.17, 15) is 9.59 Å². The number of anilines is 1. The van der Waals surface area contributed by atoms with Crippen molar-refractivity contribution in [2.75, 3.05) is 11.1 Å². The van der Waals surface area contributed by atoms with E-state index in [4.69, 9.17) is 11.6 Å². The maximum absolute atomic E-state index is 12.5. The van der Waals surface area contributed by atoms with Gasteiger partial charge in [-0.25, -0.2) is 5.10 Å². The number of aromatic nitrogens is 2. The van der Waals surface area contributed by atoms with Crippen LogP contribution in [0.1, 0.15) is 0 Å². The number of thioether (sulfide) groups is 1. The molecular formula is C22H16ClN3O2S. The van der Waals surface area contributed by atoms with E-state index >= 15 is 0 Å². The predicted octanol–water partition coefficient (Wildman–Crippen LogP) is 4.97. The lowest BCUT2D eigenvalue weighted by molar-refractivity contribution is -0.113. The smallest absolute Gasteiger partial charge is 0.264 e. The summed E-state index contributed by atoms with van der Waals surface area (Å²) in [5.74, 6) is 0.136. The zero-order valence-electron chi connectivity index (χ0n) is 15.2. The zero-order valence-corrected chi connectivity index (χ0v) is 16.8. The molecule has 1 aromatic heterocycles. The van der Waals surface area contributed by atoms with Crippen molar-refractivity contribution in [2.24, 2.45) is 0 Å². The van der Waals surface area contributed by atoms with E-state index in [0.29, 0.717) is 16.4 Å². The Bertz CT molecular complexity index is 1230. The molecule has 0 fully saturated rings. The number of fused-ring (bicyclic) bond motifs is 1. The van der Waals surface area contributed by atoms with E-state index in [1.54, 1.807) is 6.07 Å². The molecule has 0 spiro atoms. The van der Waals surface area contributed by atoms with Gasteiger partial charge >= 0.3 is 0 Å². The van der Waals surface area contributed by atoms with E-state index < -0.39 is 0 Å². The Morgan fingerprint density at radius 2 is 1.83 bits per heavy atom. The summed E-state index contributed by atoms with van der Waals surface area (Å²) in [4.78, 5) is 24.6. The van der Waals surface area contributed by atoms with Gasteiger partial charge in [0, 0.05) is 32.6 Å². The molecule has 4 aromatic rings. The number of aromatic amines is 1. The van der Waals surface area contributed by atoms with Gasteiger partial charge in [0.15, 0.2) is 0 Å². The number of halogens is 1. The number of rotatable bonds is 5. The number of hydrogen-bond acceptors (Lipinski definition) is 4. The maximum atomic E-state index is 12.5. The quantitative estimate of drug-likeness (QED) is 0.446. The first-order valence-corrected chi connectivity index (χ1v) is 10.2. The third-order valence-electron chi connectivity index (χ3n) is 4.30. The van der Waals surface area contributed by atoms with Crippen molar-refractivity contribution in [1.82, 2.24) is 10.2 Å². The molecule has 144 valence electrons. The number of carbonyl (C=O) groups is 1. The van der Waals surface area contributed by atoms with Crippen molar-refractivity contribution in [1.29, 1.82) is 0 Å². The average Bonchev–Trinajstić information content (AvgIpc) is 2.73. The lowest BCUT2D eigenvalue weighted by Crippen LogP contribution is -2.14. The molecule has 0 atom stereocenters. The lowest BCUT2D eigenvalue weighted by atomic mass is 10.1. The Morgan fingerprint density at radius 1 is 1.03 bits per heavy atom. The molecule has 0 saturated carbocycles. The molecule has 29 heavy (non-hydrogen) atoms. The minimum atomic E-state index is -0.260. The van der Waals surface area contributed by atoms with Crippen molar-refractivity contribution in [2.45, 2.75) is 4.90 Å². The zero-order chi connectivity index (χ0) is 20.2. The third kappa shape index (κ3) is 4.50. The Balaban J connectivity index is 1.46. The molecule has 0 aliphatic carbocycles. The highest BCUT2D eigenvalue weighted by atomic mass is 35.5. The van der Waals surface area contributed by atoms with E-state index in [-0.39, 0.29) is 17.2 Å². The van der Waals surface area contributed by atoms with Gasteiger partial charge in [-0.15, -0.1) is 11.8 Å². The number of nitrogens with one attached hydrogen (secondary N) is 2. The highest BCUT2D eigenvalue weighted by Crippen LogP contribution is 2.33. The molecule has 0 aliphatic heterocycles. The van der Waals surface area contributed by atoms with Gasteiger partial charge in [0.25, 0.3) is 5.56 Å². The molecule has 5 nitrogen and oxygen atoms in total. The molecule has 4 rings (SSSR count). The van der Waals surface area contributed by atoms with Crippen LogP contribution in [0, 0.1) is 0 Å². The Kier molecular flexibility index (Phi) is 5.64. The predicted molar refractivity (Wildman–Crippen MR) is 119 cm³/mol. The lowest BCUT2D eigenvalue weighted by Gasteiger charge is -2.09. The normalized spacial score (nSPS) is 10.8. The summed E-state index contributed by atoms with van der Waals surface area (Å²) in [6, 6.07) is 22.1. The fourth-order valence-electron chi connectivity index (χ4n) is 2.98. The third-order valence-corrected chi connectivity index (χ3v) is 5.67. The van der Waals surface area contributed by atoms with Crippen LogP contribution in [0.2, 0.25) is 5.02 Å². The van der Waals surface area contributed by atoms with Crippen LogP contribution in [-0.4, -0.2) is 21.9 Å². The molecule has 0 bridgehead atoms.